The lowest BCUT2D eigenvalue weighted by molar-refractivity contribution is -0.131. The minimum atomic E-state index is -0.915. The number of ether oxygens (including phenoxy) is 1. The van der Waals surface area contributed by atoms with Crippen LogP contribution in [0.1, 0.15) is 19.4 Å². The van der Waals surface area contributed by atoms with Crippen LogP contribution in [-0.2, 0) is 16.1 Å². The zero-order valence-corrected chi connectivity index (χ0v) is 12.2. The Labute approximate surface area is 123 Å². The van der Waals surface area contributed by atoms with E-state index in [0.29, 0.717) is 6.61 Å². The summed E-state index contributed by atoms with van der Waals surface area (Å²) in [7, 11) is 0. The first-order valence-corrected chi connectivity index (χ1v) is 6.84. The fourth-order valence-electron chi connectivity index (χ4n) is 2.13. The van der Waals surface area contributed by atoms with Gasteiger partial charge in [0.15, 0.2) is 0 Å². The number of urea groups is 1. The van der Waals surface area contributed by atoms with Gasteiger partial charge in [-0.2, -0.15) is 0 Å². The molecule has 0 saturated carbocycles. The molecule has 0 unspecified atom stereocenters. The zero-order chi connectivity index (χ0) is 15.5. The first kappa shape index (κ1) is 15.5. The molecule has 6 heteroatoms. The maximum Gasteiger partial charge on any atom is 0.325 e. The van der Waals surface area contributed by atoms with Crippen LogP contribution in [0.4, 0.5) is 4.79 Å². The van der Waals surface area contributed by atoms with E-state index in [4.69, 9.17) is 4.74 Å². The summed E-state index contributed by atoms with van der Waals surface area (Å²) in [5.74, 6) is -0.338. The number of amides is 3. The predicted molar refractivity (Wildman–Crippen MR) is 76.4 cm³/mol. The van der Waals surface area contributed by atoms with Crippen molar-refractivity contribution in [2.75, 3.05) is 13.2 Å². The highest BCUT2D eigenvalue weighted by Crippen LogP contribution is 2.16. The normalized spacial score (nSPS) is 18.7. The van der Waals surface area contributed by atoms with E-state index in [1.807, 2.05) is 30.3 Å². The van der Waals surface area contributed by atoms with Gasteiger partial charge in [0.1, 0.15) is 5.54 Å². The minimum absolute atomic E-state index is 0.0619. The summed E-state index contributed by atoms with van der Waals surface area (Å²) < 4.78 is 5.39. The molecular formula is C15H20N2O4. The summed E-state index contributed by atoms with van der Waals surface area (Å²) in [5, 5.41) is 12.5. The maximum absolute atomic E-state index is 12.0. The predicted octanol–water partition coefficient (Wildman–Crippen LogP) is 0.894. The minimum Gasteiger partial charge on any atom is -0.389 e. The summed E-state index contributed by atoms with van der Waals surface area (Å²) >= 11 is 0. The molecule has 1 atom stereocenters. The number of β-amino-alcohol motifs (C(OH)–C–C–N with tert-alkyl or cyclic N) is 1. The van der Waals surface area contributed by atoms with Gasteiger partial charge in [-0.05, 0) is 19.4 Å². The molecule has 114 valence electrons. The molecule has 0 aliphatic carbocycles. The van der Waals surface area contributed by atoms with Gasteiger partial charge in [0.2, 0.25) is 0 Å². The number of aliphatic hydroxyl groups excluding tert-OH is 1. The molecule has 6 nitrogen and oxygen atoms in total. The van der Waals surface area contributed by atoms with Crippen molar-refractivity contribution in [2.24, 2.45) is 0 Å². The van der Waals surface area contributed by atoms with E-state index in [1.54, 1.807) is 13.8 Å². The average molecular weight is 292 g/mol. The quantitative estimate of drug-likeness (QED) is 0.763. The SMILES string of the molecule is CC1(C)NC(=O)N(C[C@@H](O)COCc2ccccc2)C1=O. The van der Waals surface area contributed by atoms with Gasteiger partial charge < -0.3 is 15.2 Å². The third-order valence-electron chi connectivity index (χ3n) is 3.26. The first-order valence-electron chi connectivity index (χ1n) is 6.84. The van der Waals surface area contributed by atoms with Gasteiger partial charge in [-0.1, -0.05) is 30.3 Å². The summed E-state index contributed by atoms with van der Waals surface area (Å²) in [6, 6.07) is 9.10. The molecule has 2 rings (SSSR count). The van der Waals surface area contributed by atoms with Crippen LogP contribution in [-0.4, -0.2) is 46.7 Å². The van der Waals surface area contributed by atoms with Gasteiger partial charge in [-0.15, -0.1) is 0 Å². The molecule has 0 bridgehead atoms. The Morgan fingerprint density at radius 2 is 1.95 bits per heavy atom. The first-order chi connectivity index (χ1) is 9.90. The molecular weight excluding hydrogens is 272 g/mol. The molecule has 1 saturated heterocycles. The van der Waals surface area contributed by atoms with Gasteiger partial charge in [-0.25, -0.2) is 4.79 Å². The van der Waals surface area contributed by atoms with Crippen LogP contribution in [0.5, 0.6) is 0 Å². The summed E-state index contributed by atoms with van der Waals surface area (Å²) in [6.45, 7) is 3.63. The second-order valence-corrected chi connectivity index (χ2v) is 5.63. The Morgan fingerprint density at radius 3 is 2.52 bits per heavy atom. The van der Waals surface area contributed by atoms with E-state index in [1.165, 1.54) is 0 Å². The summed E-state index contributed by atoms with van der Waals surface area (Å²) in [6.07, 6.45) is -0.905. The van der Waals surface area contributed by atoms with E-state index in [0.717, 1.165) is 10.5 Å². The van der Waals surface area contributed by atoms with Crippen molar-refractivity contribution in [2.45, 2.75) is 32.1 Å². The van der Waals surface area contributed by atoms with E-state index in [-0.39, 0.29) is 19.1 Å². The molecule has 0 aromatic heterocycles. The Bertz CT molecular complexity index is 516. The van der Waals surface area contributed by atoms with Gasteiger partial charge in [-0.3, -0.25) is 9.69 Å². The molecule has 2 N–H and O–H groups in total. The Hall–Kier alpha value is -1.92. The fraction of sp³-hybridized carbons (Fsp3) is 0.467. The number of aliphatic hydroxyl groups is 1. The molecule has 1 aliphatic rings. The van der Waals surface area contributed by atoms with Crippen molar-refractivity contribution >= 4 is 11.9 Å². The van der Waals surface area contributed by atoms with Gasteiger partial charge in [0.25, 0.3) is 5.91 Å². The van der Waals surface area contributed by atoms with E-state index < -0.39 is 17.7 Å². The van der Waals surface area contributed by atoms with E-state index in [9.17, 15) is 14.7 Å². The molecule has 1 aromatic carbocycles. The van der Waals surface area contributed by atoms with Gasteiger partial charge in [0, 0.05) is 0 Å². The van der Waals surface area contributed by atoms with Crippen molar-refractivity contribution < 1.29 is 19.4 Å². The van der Waals surface area contributed by atoms with Crippen molar-refractivity contribution in [3.8, 4) is 0 Å². The fourth-order valence-corrected chi connectivity index (χ4v) is 2.13. The Balaban J connectivity index is 1.78. The number of rotatable bonds is 6. The number of nitrogens with zero attached hydrogens (tertiary/aromatic N) is 1. The van der Waals surface area contributed by atoms with Crippen LogP contribution in [0.3, 0.4) is 0 Å². The number of hydrogen-bond donors (Lipinski definition) is 2. The topological polar surface area (TPSA) is 78.9 Å². The van der Waals surface area contributed by atoms with Crippen LogP contribution in [0.2, 0.25) is 0 Å². The third kappa shape index (κ3) is 3.80. The highest BCUT2D eigenvalue weighted by molar-refractivity contribution is 6.06. The van der Waals surface area contributed by atoms with Crippen LogP contribution < -0.4 is 5.32 Å². The lowest BCUT2D eigenvalue weighted by Gasteiger charge is -2.19. The number of benzene rings is 1. The highest BCUT2D eigenvalue weighted by atomic mass is 16.5. The van der Waals surface area contributed by atoms with Crippen LogP contribution in [0, 0.1) is 0 Å². The summed E-state index contributed by atoms with van der Waals surface area (Å²) in [4.78, 5) is 24.7. The average Bonchev–Trinajstić information content (AvgIpc) is 2.62. The molecule has 0 radical (unpaired) electrons. The summed E-state index contributed by atoms with van der Waals surface area (Å²) in [5.41, 5.74) is 0.0858. The van der Waals surface area contributed by atoms with Gasteiger partial charge >= 0.3 is 6.03 Å². The van der Waals surface area contributed by atoms with Crippen molar-refractivity contribution in [3.63, 3.8) is 0 Å². The number of hydrogen-bond acceptors (Lipinski definition) is 4. The molecule has 1 aromatic rings. The molecule has 1 fully saturated rings. The van der Waals surface area contributed by atoms with E-state index >= 15 is 0 Å². The molecule has 1 heterocycles. The molecule has 0 spiro atoms. The van der Waals surface area contributed by atoms with Crippen LogP contribution in [0.15, 0.2) is 30.3 Å². The second-order valence-electron chi connectivity index (χ2n) is 5.63. The standard InChI is InChI=1S/C15H20N2O4/c1-15(2)13(19)17(14(20)16-15)8-12(18)10-21-9-11-6-4-3-5-7-11/h3-7,12,18H,8-10H2,1-2H3,(H,16,20)/t12-/m1/s1. The van der Waals surface area contributed by atoms with Gasteiger partial charge in [0.05, 0.1) is 25.9 Å². The van der Waals surface area contributed by atoms with Crippen LogP contribution >= 0.6 is 0 Å². The largest absolute Gasteiger partial charge is 0.389 e. The van der Waals surface area contributed by atoms with Crippen molar-refractivity contribution in [1.29, 1.82) is 0 Å². The highest BCUT2D eigenvalue weighted by Gasteiger charge is 2.44. The molecule has 21 heavy (non-hydrogen) atoms. The van der Waals surface area contributed by atoms with Crippen LogP contribution in [0.25, 0.3) is 0 Å². The zero-order valence-electron chi connectivity index (χ0n) is 12.2. The number of carbonyl (C=O) groups excluding carboxylic acids is 2. The monoisotopic (exact) mass is 292 g/mol. The number of imide groups is 1. The molecule has 3 amide bonds. The smallest absolute Gasteiger partial charge is 0.325 e. The van der Waals surface area contributed by atoms with E-state index in [2.05, 4.69) is 5.32 Å². The lowest BCUT2D eigenvalue weighted by atomic mass is 10.1. The van der Waals surface area contributed by atoms with Crippen molar-refractivity contribution in [3.05, 3.63) is 35.9 Å². The Kier molecular flexibility index (Phi) is 4.59. The lowest BCUT2D eigenvalue weighted by Crippen LogP contribution is -2.42. The number of nitrogens with one attached hydrogen (secondary N) is 1. The maximum atomic E-state index is 12.0. The second kappa shape index (κ2) is 6.24. The third-order valence-corrected chi connectivity index (χ3v) is 3.26. The Morgan fingerprint density at radius 1 is 1.29 bits per heavy atom. The number of carbonyl (C=O) groups is 2. The molecule has 1 aliphatic heterocycles. The van der Waals surface area contributed by atoms with Crippen molar-refractivity contribution in [1.82, 2.24) is 10.2 Å².